The molecule has 2 aliphatic heterocycles. The maximum atomic E-state index is 13.2. The molecule has 0 bridgehead atoms. The number of halogens is 2. The lowest BCUT2D eigenvalue weighted by Gasteiger charge is -2.25. The van der Waals surface area contributed by atoms with E-state index < -0.39 is 34.4 Å². The van der Waals surface area contributed by atoms with Crippen LogP contribution in [0.15, 0.2) is 60.7 Å². The topological polar surface area (TPSA) is 103 Å². The molecular formula is C26H23ClFN3O5. The number of carbonyl (C=O) groups excluding carboxylic acids is 1. The van der Waals surface area contributed by atoms with Gasteiger partial charge >= 0.3 is 0 Å². The summed E-state index contributed by atoms with van der Waals surface area (Å²) in [5, 5.41) is 18.7. The lowest BCUT2D eigenvalue weighted by Crippen LogP contribution is -2.54. The van der Waals surface area contributed by atoms with Gasteiger partial charge in [-0.1, -0.05) is 41.9 Å². The molecule has 3 aromatic rings. The highest BCUT2D eigenvalue weighted by atomic mass is 35.5. The highest BCUT2D eigenvalue weighted by molar-refractivity contribution is 6.32. The Morgan fingerprint density at radius 2 is 1.89 bits per heavy atom. The molecule has 0 radical (unpaired) electrons. The number of anilines is 1. The summed E-state index contributed by atoms with van der Waals surface area (Å²) in [5.74, 6) is -0.950. The third-order valence-corrected chi connectivity index (χ3v) is 7.18. The van der Waals surface area contributed by atoms with E-state index in [1.807, 2.05) is 6.92 Å². The Kier molecular flexibility index (Phi) is 6.05. The molecule has 1 saturated heterocycles. The Morgan fingerprint density at radius 3 is 2.58 bits per heavy atom. The van der Waals surface area contributed by atoms with Gasteiger partial charge in [-0.05, 0) is 48.4 Å². The second-order valence-corrected chi connectivity index (χ2v) is 9.35. The third-order valence-electron chi connectivity index (χ3n) is 6.90. The van der Waals surface area contributed by atoms with Crippen LogP contribution in [0.4, 0.5) is 10.1 Å². The van der Waals surface area contributed by atoms with E-state index in [2.05, 4.69) is 10.6 Å². The van der Waals surface area contributed by atoms with Gasteiger partial charge in [0.2, 0.25) is 0 Å². The van der Waals surface area contributed by atoms with Gasteiger partial charge < -0.3 is 14.8 Å². The van der Waals surface area contributed by atoms with E-state index in [9.17, 15) is 19.3 Å². The largest absolute Gasteiger partial charge is 0.493 e. The predicted molar refractivity (Wildman–Crippen MR) is 132 cm³/mol. The minimum absolute atomic E-state index is 0.120. The van der Waals surface area contributed by atoms with E-state index in [4.69, 9.17) is 21.1 Å². The number of ether oxygens (including phenoxy) is 2. The average Bonchev–Trinajstić information content (AvgIpc) is 3.32. The minimum atomic E-state index is -1.53. The van der Waals surface area contributed by atoms with Crippen LogP contribution in [0.1, 0.15) is 29.5 Å². The fourth-order valence-corrected chi connectivity index (χ4v) is 5.64. The van der Waals surface area contributed by atoms with Crippen molar-refractivity contribution in [3.05, 3.63) is 98.3 Å². The maximum absolute atomic E-state index is 13.2. The molecule has 10 heteroatoms. The SMILES string of the molecule is COc1cc([C@@H]2[C@H](C)N[C@@]3(C(=O)Nc4ccccc43)[C@@H]2[N+](=O)[O-])cc(Cl)c1OCc1ccc(F)cc1. The lowest BCUT2D eigenvalue weighted by molar-refractivity contribution is -0.532. The molecule has 36 heavy (non-hydrogen) atoms. The number of nitrogens with zero attached hydrogens (tertiary/aromatic N) is 1. The first kappa shape index (κ1) is 24.0. The number of hydrogen-bond acceptors (Lipinski definition) is 6. The van der Waals surface area contributed by atoms with Crippen LogP contribution in [0.3, 0.4) is 0 Å². The van der Waals surface area contributed by atoms with E-state index in [1.165, 1.54) is 19.2 Å². The average molecular weight is 512 g/mol. The van der Waals surface area contributed by atoms with Crippen molar-refractivity contribution in [1.29, 1.82) is 0 Å². The second-order valence-electron chi connectivity index (χ2n) is 8.95. The number of fused-ring (bicyclic) bond motifs is 2. The van der Waals surface area contributed by atoms with E-state index in [0.29, 0.717) is 22.6 Å². The van der Waals surface area contributed by atoms with Crippen molar-refractivity contribution in [2.24, 2.45) is 0 Å². The Bertz CT molecular complexity index is 1350. The zero-order valence-corrected chi connectivity index (χ0v) is 20.2. The molecule has 1 spiro atoms. The van der Waals surface area contributed by atoms with Gasteiger partial charge in [-0.3, -0.25) is 20.2 Å². The standard InChI is InChI=1S/C26H23ClFN3O5/c1-14-22(24(31(33)34)26(30-14)18-5-3-4-6-20(18)29-25(26)32)16-11-19(27)23(21(12-16)35-2)36-13-15-7-9-17(28)10-8-15/h3-12,14,22,24,30H,13H2,1-2H3,(H,29,32)/t14-,22-,24+,26+/m0/s1. The summed E-state index contributed by atoms with van der Waals surface area (Å²) in [6.45, 7) is 1.93. The Hall–Kier alpha value is -3.69. The monoisotopic (exact) mass is 511 g/mol. The molecule has 1 fully saturated rings. The second kappa shape index (κ2) is 9.07. The summed E-state index contributed by atoms with van der Waals surface area (Å²) in [4.78, 5) is 25.3. The molecule has 4 atom stereocenters. The highest BCUT2D eigenvalue weighted by Crippen LogP contribution is 2.51. The molecular weight excluding hydrogens is 489 g/mol. The van der Waals surface area contributed by atoms with Crippen LogP contribution in [0.2, 0.25) is 5.02 Å². The van der Waals surface area contributed by atoms with E-state index in [-0.39, 0.29) is 23.2 Å². The van der Waals surface area contributed by atoms with Crippen molar-refractivity contribution in [2.45, 2.75) is 37.1 Å². The molecule has 1 amide bonds. The Labute approximate surface area is 211 Å². The summed E-state index contributed by atoms with van der Waals surface area (Å²) >= 11 is 6.58. The molecule has 0 saturated carbocycles. The molecule has 0 aromatic heterocycles. The van der Waals surface area contributed by atoms with Crippen LogP contribution >= 0.6 is 11.6 Å². The Balaban J connectivity index is 1.53. The van der Waals surface area contributed by atoms with Gasteiger partial charge in [-0.15, -0.1) is 0 Å². The van der Waals surface area contributed by atoms with Crippen molar-refractivity contribution in [2.75, 3.05) is 12.4 Å². The van der Waals surface area contributed by atoms with Crippen LogP contribution in [0.25, 0.3) is 0 Å². The molecule has 3 aromatic carbocycles. The molecule has 2 aliphatic rings. The van der Waals surface area contributed by atoms with Crippen LogP contribution in [-0.4, -0.2) is 30.0 Å². The summed E-state index contributed by atoms with van der Waals surface area (Å²) in [6, 6.07) is 14.4. The Morgan fingerprint density at radius 1 is 1.17 bits per heavy atom. The molecule has 2 heterocycles. The zero-order valence-electron chi connectivity index (χ0n) is 19.5. The summed E-state index contributed by atoms with van der Waals surface area (Å²) < 4.78 is 24.6. The van der Waals surface area contributed by atoms with E-state index >= 15 is 0 Å². The highest BCUT2D eigenvalue weighted by Gasteiger charge is 2.67. The lowest BCUT2D eigenvalue weighted by atomic mass is 9.78. The molecule has 8 nitrogen and oxygen atoms in total. The van der Waals surface area contributed by atoms with Crippen LogP contribution in [0, 0.1) is 15.9 Å². The smallest absolute Gasteiger partial charge is 0.256 e. The molecule has 186 valence electrons. The fourth-order valence-electron chi connectivity index (χ4n) is 5.36. The van der Waals surface area contributed by atoms with Gasteiger partial charge in [0.15, 0.2) is 17.0 Å². The number of nitro groups is 1. The number of benzene rings is 3. The van der Waals surface area contributed by atoms with Crippen molar-refractivity contribution in [1.82, 2.24) is 5.32 Å². The van der Waals surface area contributed by atoms with Crippen molar-refractivity contribution >= 4 is 23.2 Å². The first-order chi connectivity index (χ1) is 17.3. The maximum Gasteiger partial charge on any atom is 0.256 e. The van der Waals surface area contributed by atoms with Crippen molar-refractivity contribution < 1.29 is 23.6 Å². The number of rotatable bonds is 6. The molecule has 0 unspecified atom stereocenters. The number of amides is 1. The minimum Gasteiger partial charge on any atom is -0.493 e. The van der Waals surface area contributed by atoms with Crippen LogP contribution < -0.4 is 20.1 Å². The quantitative estimate of drug-likeness (QED) is 0.369. The predicted octanol–water partition coefficient (Wildman–Crippen LogP) is 4.63. The van der Waals surface area contributed by atoms with Gasteiger partial charge in [-0.2, -0.15) is 0 Å². The van der Waals surface area contributed by atoms with Gasteiger partial charge in [0.25, 0.3) is 11.9 Å². The zero-order chi connectivity index (χ0) is 25.6. The fraction of sp³-hybridized carbons (Fsp3) is 0.269. The van der Waals surface area contributed by atoms with Gasteiger partial charge in [0.1, 0.15) is 12.4 Å². The summed E-state index contributed by atoms with van der Waals surface area (Å²) in [6.07, 6.45) is 0. The molecule has 0 aliphatic carbocycles. The van der Waals surface area contributed by atoms with Gasteiger partial charge in [-0.25, -0.2) is 4.39 Å². The summed E-state index contributed by atoms with van der Waals surface area (Å²) in [7, 11) is 1.45. The number of hydrogen-bond donors (Lipinski definition) is 2. The first-order valence-corrected chi connectivity index (χ1v) is 11.7. The van der Waals surface area contributed by atoms with Crippen molar-refractivity contribution in [3.8, 4) is 11.5 Å². The molecule has 5 rings (SSSR count). The van der Waals surface area contributed by atoms with Crippen LogP contribution in [-0.2, 0) is 16.9 Å². The van der Waals surface area contributed by atoms with E-state index in [0.717, 1.165) is 5.56 Å². The normalized spacial score (nSPS) is 24.4. The molecule has 2 N–H and O–H groups in total. The number of para-hydroxylation sites is 1. The number of nitrogens with one attached hydrogen (secondary N) is 2. The van der Waals surface area contributed by atoms with E-state index in [1.54, 1.807) is 48.5 Å². The van der Waals surface area contributed by atoms with Crippen LogP contribution in [0.5, 0.6) is 11.5 Å². The summed E-state index contributed by atoms with van der Waals surface area (Å²) in [5.41, 5.74) is 0.843. The first-order valence-electron chi connectivity index (χ1n) is 11.3. The van der Waals surface area contributed by atoms with Gasteiger partial charge in [0.05, 0.1) is 18.1 Å². The van der Waals surface area contributed by atoms with Crippen molar-refractivity contribution in [3.63, 3.8) is 0 Å². The van der Waals surface area contributed by atoms with Gasteiger partial charge in [0, 0.05) is 22.2 Å². The number of methoxy groups -OCH3 is 1. The third kappa shape index (κ3) is 3.75. The number of carbonyl (C=O) groups is 1.